The maximum atomic E-state index is 14.6. The lowest BCUT2D eigenvalue weighted by Crippen LogP contribution is -2.59. The lowest BCUT2D eigenvalue weighted by molar-refractivity contribution is -0.243. The van der Waals surface area contributed by atoms with Crippen molar-refractivity contribution in [3.63, 3.8) is 0 Å². The fourth-order valence-electron chi connectivity index (χ4n) is 2.13. The SMILES string of the molecule is [B]C([B])(O)[C@@]1(F)O[C@@]([B])(n2cc(C=O)c(=O)[nH]c2=O)[C@H](O)[C@@H]1O. The Labute approximate surface area is 131 Å². The Morgan fingerprint density at radius 1 is 1.39 bits per heavy atom. The number of alkyl halides is 1. The van der Waals surface area contributed by atoms with E-state index in [-0.39, 0.29) is 10.9 Å². The molecule has 1 aromatic heterocycles. The summed E-state index contributed by atoms with van der Waals surface area (Å²) in [7, 11) is 15.5. The highest BCUT2D eigenvalue weighted by atomic mass is 19.2. The van der Waals surface area contributed by atoms with Gasteiger partial charge in [0.05, 0.1) is 5.56 Å². The number of hydrogen-bond acceptors (Lipinski definition) is 7. The third kappa shape index (κ3) is 2.40. The summed E-state index contributed by atoms with van der Waals surface area (Å²) < 4.78 is 19.4. The van der Waals surface area contributed by atoms with Gasteiger partial charge in [0, 0.05) is 11.6 Å². The van der Waals surface area contributed by atoms with Crippen LogP contribution >= 0.6 is 0 Å². The fraction of sp³-hybridized carbons (Fsp3) is 0.500. The monoisotopic (exact) mass is 320 g/mol. The van der Waals surface area contributed by atoms with Gasteiger partial charge in [-0.2, -0.15) is 0 Å². The van der Waals surface area contributed by atoms with Crippen LogP contribution in [0.15, 0.2) is 15.8 Å². The van der Waals surface area contributed by atoms with E-state index in [1.165, 1.54) is 0 Å². The molecule has 1 aliphatic heterocycles. The number of carbonyl (C=O) groups excluding carboxylic acids is 1. The molecule has 116 valence electrons. The number of rotatable bonds is 3. The Kier molecular flexibility index (Phi) is 3.97. The summed E-state index contributed by atoms with van der Waals surface area (Å²) >= 11 is 0. The van der Waals surface area contributed by atoms with Gasteiger partial charge >= 0.3 is 5.69 Å². The van der Waals surface area contributed by atoms with E-state index in [1.54, 1.807) is 4.98 Å². The van der Waals surface area contributed by atoms with E-state index >= 15 is 0 Å². The lowest BCUT2D eigenvalue weighted by atomic mass is 9.59. The van der Waals surface area contributed by atoms with Gasteiger partial charge in [-0.05, 0) is 0 Å². The van der Waals surface area contributed by atoms with Crippen molar-refractivity contribution in [2.45, 2.75) is 29.1 Å². The Bertz CT molecular complexity index is 762. The van der Waals surface area contributed by atoms with E-state index in [4.69, 9.17) is 23.5 Å². The Morgan fingerprint density at radius 2 is 1.96 bits per heavy atom. The molecular weight excluding hydrogens is 312 g/mol. The number of halogens is 1. The number of H-pyrrole nitrogens is 1. The summed E-state index contributed by atoms with van der Waals surface area (Å²) in [6.07, 6.45) is -4.29. The zero-order valence-electron chi connectivity index (χ0n) is 11.3. The summed E-state index contributed by atoms with van der Waals surface area (Å²) in [4.78, 5) is 35.6. The highest BCUT2D eigenvalue weighted by Crippen LogP contribution is 2.44. The van der Waals surface area contributed by atoms with Crippen LogP contribution in [-0.2, 0) is 10.4 Å². The van der Waals surface area contributed by atoms with Crippen molar-refractivity contribution in [3.8, 4) is 0 Å². The molecule has 1 saturated heterocycles. The standard InChI is InChI=1S/C10H8B3FN2O7/c11-9(16-1-3(2-17)6(20)15-7(16)21)5(19)4(18)8(14,23-9)10(12,13)22/h1-2,4-5,18-19,22H,(H,15,20,21)/t4-,5+,8-,9-/m0/s1. The zero-order valence-corrected chi connectivity index (χ0v) is 11.3. The molecular formula is C10H8B3FN2O7. The largest absolute Gasteiger partial charge is 0.403 e. The minimum atomic E-state index is -3.67. The molecule has 0 aromatic carbocycles. The van der Waals surface area contributed by atoms with E-state index in [2.05, 4.69) is 4.74 Å². The number of ether oxygens (including phenoxy) is 1. The molecule has 4 atom stereocenters. The summed E-state index contributed by atoms with van der Waals surface area (Å²) in [6.45, 7) is 0. The Balaban J connectivity index is 2.67. The van der Waals surface area contributed by atoms with Gasteiger partial charge in [-0.15, -0.1) is 0 Å². The van der Waals surface area contributed by atoms with Gasteiger partial charge in [-0.1, -0.05) is 0 Å². The molecule has 0 amide bonds. The second-order valence-corrected chi connectivity index (χ2v) is 5.05. The topological polar surface area (TPSA) is 142 Å². The molecule has 0 spiro atoms. The number of nitrogens with one attached hydrogen (secondary N) is 1. The number of aliphatic hydroxyl groups excluding tert-OH is 2. The molecule has 6 radical (unpaired) electrons. The van der Waals surface area contributed by atoms with Crippen molar-refractivity contribution in [1.82, 2.24) is 9.55 Å². The van der Waals surface area contributed by atoms with Crippen LogP contribution in [0.4, 0.5) is 4.39 Å². The van der Waals surface area contributed by atoms with E-state index < -0.39 is 45.9 Å². The molecule has 0 bridgehead atoms. The summed E-state index contributed by atoms with van der Waals surface area (Å²) in [5.41, 5.74) is -5.80. The third-order valence-corrected chi connectivity index (χ3v) is 3.43. The van der Waals surface area contributed by atoms with Crippen molar-refractivity contribution in [2.75, 3.05) is 0 Å². The summed E-state index contributed by atoms with van der Waals surface area (Å²) in [5.74, 6) is -3.67. The normalized spacial score (nSPS) is 34.4. The third-order valence-electron chi connectivity index (χ3n) is 3.43. The van der Waals surface area contributed by atoms with E-state index in [9.17, 15) is 34.1 Å². The van der Waals surface area contributed by atoms with E-state index in [1.807, 2.05) is 0 Å². The molecule has 9 nitrogen and oxygen atoms in total. The number of aromatic nitrogens is 2. The first-order chi connectivity index (χ1) is 10.4. The van der Waals surface area contributed by atoms with Crippen LogP contribution in [0.25, 0.3) is 0 Å². The van der Waals surface area contributed by atoms with E-state index in [0.717, 1.165) is 0 Å². The summed E-state index contributed by atoms with van der Waals surface area (Å²) in [6, 6.07) is 0. The minimum absolute atomic E-state index is 0.0563. The molecule has 2 rings (SSSR count). The number of aldehydes is 1. The zero-order chi connectivity index (χ0) is 17.8. The van der Waals surface area contributed by atoms with Crippen LogP contribution in [0.1, 0.15) is 10.4 Å². The first-order valence-corrected chi connectivity index (χ1v) is 6.04. The van der Waals surface area contributed by atoms with Gasteiger partial charge in [0.1, 0.15) is 41.4 Å². The highest BCUT2D eigenvalue weighted by Gasteiger charge is 2.66. The van der Waals surface area contributed by atoms with Crippen molar-refractivity contribution in [1.29, 1.82) is 0 Å². The van der Waals surface area contributed by atoms with Crippen LogP contribution in [0, 0.1) is 0 Å². The molecule has 1 aliphatic rings. The maximum absolute atomic E-state index is 14.6. The molecule has 0 aliphatic carbocycles. The van der Waals surface area contributed by atoms with Gasteiger partial charge in [0.15, 0.2) is 6.29 Å². The summed E-state index contributed by atoms with van der Waals surface area (Å²) in [5, 5.41) is 25.7. The molecule has 4 N–H and O–H groups in total. The highest BCUT2D eigenvalue weighted by molar-refractivity contribution is 6.39. The number of aromatic amines is 1. The Hall–Kier alpha value is -1.69. The van der Waals surface area contributed by atoms with Crippen LogP contribution in [0.3, 0.4) is 0 Å². The minimum Gasteiger partial charge on any atom is -0.403 e. The first-order valence-electron chi connectivity index (χ1n) is 6.04. The van der Waals surface area contributed by atoms with Gasteiger partial charge in [-0.25, -0.2) is 9.18 Å². The predicted octanol–water partition coefficient (Wildman–Crippen LogP) is -4.47. The average molecular weight is 320 g/mol. The second kappa shape index (κ2) is 5.16. The van der Waals surface area contributed by atoms with Gasteiger partial charge in [-0.3, -0.25) is 19.1 Å². The van der Waals surface area contributed by atoms with Crippen molar-refractivity contribution in [2.24, 2.45) is 0 Å². The Morgan fingerprint density at radius 3 is 2.39 bits per heavy atom. The molecule has 1 fully saturated rings. The van der Waals surface area contributed by atoms with Crippen molar-refractivity contribution >= 4 is 29.8 Å². The number of aliphatic hydroxyl groups is 3. The van der Waals surface area contributed by atoms with Gasteiger partial charge < -0.3 is 20.1 Å². The van der Waals surface area contributed by atoms with Crippen LogP contribution in [-0.4, -0.2) is 78.2 Å². The fourth-order valence-corrected chi connectivity index (χ4v) is 2.13. The molecule has 2 heterocycles. The van der Waals surface area contributed by atoms with Gasteiger partial charge in [0.25, 0.3) is 11.4 Å². The molecule has 0 saturated carbocycles. The molecule has 1 aromatic rings. The number of carbonyl (C=O) groups is 1. The predicted molar refractivity (Wildman–Crippen MR) is 73.8 cm³/mol. The van der Waals surface area contributed by atoms with Crippen molar-refractivity contribution < 1.29 is 29.2 Å². The van der Waals surface area contributed by atoms with Crippen LogP contribution in [0.5, 0.6) is 0 Å². The van der Waals surface area contributed by atoms with Crippen LogP contribution < -0.4 is 11.2 Å². The number of nitrogens with zero attached hydrogens (tertiary/aromatic N) is 1. The van der Waals surface area contributed by atoms with E-state index in [0.29, 0.717) is 6.20 Å². The smallest absolute Gasteiger partial charge is 0.330 e. The maximum Gasteiger partial charge on any atom is 0.330 e. The van der Waals surface area contributed by atoms with Crippen molar-refractivity contribution in [3.05, 3.63) is 32.6 Å². The lowest BCUT2D eigenvalue weighted by Gasteiger charge is -2.37. The molecule has 23 heavy (non-hydrogen) atoms. The average Bonchev–Trinajstić information content (AvgIpc) is 2.61. The van der Waals surface area contributed by atoms with Crippen LogP contribution in [0.2, 0.25) is 0 Å². The van der Waals surface area contributed by atoms with Gasteiger partial charge in [0.2, 0.25) is 0 Å². The molecule has 0 unspecified atom stereocenters. The number of hydrogen-bond donors (Lipinski definition) is 4. The first kappa shape index (κ1) is 17.7. The quantitative estimate of drug-likeness (QED) is 0.325. The molecule has 13 heteroatoms. The second-order valence-electron chi connectivity index (χ2n) is 5.05.